The number of ether oxygens (including phenoxy) is 2. The van der Waals surface area contributed by atoms with Crippen LogP contribution in [0.5, 0.6) is 5.75 Å². The van der Waals surface area contributed by atoms with E-state index >= 15 is 0 Å². The molecule has 4 nitrogen and oxygen atoms in total. The molecule has 0 spiro atoms. The first kappa shape index (κ1) is 16.6. The molecule has 1 saturated carbocycles. The molecule has 26 heavy (non-hydrogen) atoms. The Morgan fingerprint density at radius 1 is 0.923 bits per heavy atom. The van der Waals surface area contributed by atoms with Crippen molar-refractivity contribution in [3.05, 3.63) is 30.5 Å². The van der Waals surface area contributed by atoms with Crippen LogP contribution in [-0.2, 0) is 4.74 Å². The molecule has 3 heterocycles. The molecular formula is C22H30N2O2. The second-order valence-corrected chi connectivity index (χ2v) is 8.22. The van der Waals surface area contributed by atoms with E-state index in [0.29, 0.717) is 12.1 Å². The van der Waals surface area contributed by atoms with Crippen molar-refractivity contribution < 1.29 is 9.47 Å². The molecule has 3 aliphatic rings. The lowest BCUT2D eigenvalue weighted by atomic mass is 10.0. The van der Waals surface area contributed by atoms with Gasteiger partial charge in [-0.15, -0.1) is 0 Å². The predicted octanol–water partition coefficient (Wildman–Crippen LogP) is 4.39. The maximum absolute atomic E-state index is 6.48. The van der Waals surface area contributed by atoms with Gasteiger partial charge in [-0.2, -0.15) is 0 Å². The fourth-order valence-electron chi connectivity index (χ4n) is 5.13. The average Bonchev–Trinajstić information content (AvgIpc) is 3.43. The molecule has 1 aromatic heterocycles. The zero-order valence-corrected chi connectivity index (χ0v) is 15.6. The normalized spacial score (nSPS) is 26.1. The highest BCUT2D eigenvalue weighted by atomic mass is 16.5. The van der Waals surface area contributed by atoms with Crippen LogP contribution >= 0.6 is 0 Å². The van der Waals surface area contributed by atoms with Crippen LogP contribution in [0.1, 0.15) is 51.0 Å². The van der Waals surface area contributed by atoms with E-state index in [1.807, 2.05) is 0 Å². The Labute approximate surface area is 156 Å². The Morgan fingerprint density at radius 2 is 1.77 bits per heavy atom. The van der Waals surface area contributed by atoms with Gasteiger partial charge < -0.3 is 18.9 Å². The first-order chi connectivity index (χ1) is 12.9. The van der Waals surface area contributed by atoms with Crippen molar-refractivity contribution in [2.45, 2.75) is 63.1 Å². The minimum Gasteiger partial charge on any atom is -0.490 e. The van der Waals surface area contributed by atoms with Crippen LogP contribution in [0.15, 0.2) is 30.5 Å². The first-order valence-electron chi connectivity index (χ1n) is 10.5. The predicted molar refractivity (Wildman–Crippen MR) is 104 cm³/mol. The Hall–Kier alpha value is -1.52. The van der Waals surface area contributed by atoms with Gasteiger partial charge in [-0.1, -0.05) is 18.9 Å². The number of hydrogen-bond acceptors (Lipinski definition) is 3. The Morgan fingerprint density at radius 3 is 2.54 bits per heavy atom. The quantitative estimate of drug-likeness (QED) is 0.815. The molecule has 2 saturated heterocycles. The molecule has 0 amide bonds. The standard InChI is InChI=1S/C22H30N2O2/c1-2-5-17(4-1)23-12-8-19(9-13-23)26-22-7-3-6-21-20(22)10-14-24(21)18-11-15-25-16-18/h3,6-7,10,14,17-19H,1-2,4-5,8-9,11-13,15-16H2. The monoisotopic (exact) mass is 354 g/mol. The van der Waals surface area contributed by atoms with Gasteiger partial charge >= 0.3 is 0 Å². The second-order valence-electron chi connectivity index (χ2n) is 8.22. The summed E-state index contributed by atoms with van der Waals surface area (Å²) in [4.78, 5) is 2.71. The number of nitrogens with zero attached hydrogens (tertiary/aromatic N) is 2. The van der Waals surface area contributed by atoms with Gasteiger partial charge in [-0.25, -0.2) is 0 Å². The van der Waals surface area contributed by atoms with Crippen LogP contribution in [0.3, 0.4) is 0 Å². The van der Waals surface area contributed by atoms with Crippen LogP contribution < -0.4 is 4.74 Å². The molecule has 2 aromatic rings. The number of likely N-dealkylation sites (tertiary alicyclic amines) is 1. The molecule has 1 aliphatic carbocycles. The van der Waals surface area contributed by atoms with Gasteiger partial charge in [0.15, 0.2) is 0 Å². The smallest absolute Gasteiger partial charge is 0.129 e. The summed E-state index contributed by atoms with van der Waals surface area (Å²) in [7, 11) is 0. The molecule has 0 bridgehead atoms. The van der Waals surface area contributed by atoms with Crippen LogP contribution in [-0.4, -0.2) is 47.9 Å². The van der Waals surface area contributed by atoms with E-state index in [1.165, 1.54) is 49.7 Å². The van der Waals surface area contributed by atoms with E-state index in [1.54, 1.807) is 0 Å². The lowest BCUT2D eigenvalue weighted by molar-refractivity contribution is 0.0777. The molecule has 1 unspecified atom stereocenters. The highest BCUT2D eigenvalue weighted by Crippen LogP contribution is 2.33. The van der Waals surface area contributed by atoms with E-state index in [2.05, 4.69) is 39.9 Å². The molecule has 0 N–H and O–H groups in total. The Kier molecular flexibility index (Phi) is 4.63. The molecule has 140 valence electrons. The molecule has 0 radical (unpaired) electrons. The Bertz CT molecular complexity index is 736. The van der Waals surface area contributed by atoms with Crippen LogP contribution in [0.25, 0.3) is 10.9 Å². The van der Waals surface area contributed by atoms with Crippen molar-refractivity contribution in [3.63, 3.8) is 0 Å². The SMILES string of the molecule is c1cc(OC2CCN(C3CCCC3)CC2)c2ccn(C3CCOC3)c2c1. The molecule has 1 atom stereocenters. The van der Waals surface area contributed by atoms with E-state index in [9.17, 15) is 0 Å². The fourth-order valence-corrected chi connectivity index (χ4v) is 5.13. The summed E-state index contributed by atoms with van der Waals surface area (Å²) >= 11 is 0. The van der Waals surface area contributed by atoms with Gasteiger partial charge in [0.2, 0.25) is 0 Å². The number of aromatic nitrogens is 1. The fraction of sp³-hybridized carbons (Fsp3) is 0.636. The van der Waals surface area contributed by atoms with Crippen molar-refractivity contribution >= 4 is 10.9 Å². The zero-order valence-electron chi connectivity index (χ0n) is 15.6. The molecule has 2 aliphatic heterocycles. The first-order valence-corrected chi connectivity index (χ1v) is 10.5. The van der Waals surface area contributed by atoms with Crippen LogP contribution in [0.2, 0.25) is 0 Å². The molecule has 1 aromatic carbocycles. The lowest BCUT2D eigenvalue weighted by Gasteiger charge is -2.36. The van der Waals surface area contributed by atoms with Gasteiger partial charge in [0.05, 0.1) is 18.2 Å². The number of rotatable bonds is 4. The maximum atomic E-state index is 6.48. The van der Waals surface area contributed by atoms with Gasteiger partial charge in [0, 0.05) is 37.3 Å². The van der Waals surface area contributed by atoms with Crippen LogP contribution in [0, 0.1) is 0 Å². The summed E-state index contributed by atoms with van der Waals surface area (Å²) in [6.07, 6.45) is 11.6. The molecule has 4 heteroatoms. The largest absolute Gasteiger partial charge is 0.490 e. The van der Waals surface area contributed by atoms with Gasteiger partial charge in [-0.05, 0) is 50.3 Å². The minimum atomic E-state index is 0.358. The van der Waals surface area contributed by atoms with Crippen molar-refractivity contribution in [2.75, 3.05) is 26.3 Å². The highest BCUT2D eigenvalue weighted by molar-refractivity contribution is 5.86. The van der Waals surface area contributed by atoms with E-state index in [0.717, 1.165) is 44.3 Å². The van der Waals surface area contributed by atoms with Gasteiger partial charge in [-0.3, -0.25) is 0 Å². The minimum absolute atomic E-state index is 0.358. The maximum Gasteiger partial charge on any atom is 0.129 e. The van der Waals surface area contributed by atoms with Gasteiger partial charge in [0.1, 0.15) is 11.9 Å². The summed E-state index contributed by atoms with van der Waals surface area (Å²) in [5.74, 6) is 1.06. The zero-order chi connectivity index (χ0) is 17.3. The Balaban J connectivity index is 1.28. The number of hydrogen-bond donors (Lipinski definition) is 0. The van der Waals surface area contributed by atoms with Gasteiger partial charge in [0.25, 0.3) is 0 Å². The molecule has 5 rings (SSSR count). The number of piperidine rings is 1. The summed E-state index contributed by atoms with van der Waals surface area (Å²) in [6, 6.07) is 10.0. The van der Waals surface area contributed by atoms with E-state index < -0.39 is 0 Å². The highest BCUT2D eigenvalue weighted by Gasteiger charge is 2.28. The van der Waals surface area contributed by atoms with Crippen molar-refractivity contribution in [2.24, 2.45) is 0 Å². The second kappa shape index (κ2) is 7.24. The third-order valence-corrected chi connectivity index (χ3v) is 6.63. The topological polar surface area (TPSA) is 26.6 Å². The third-order valence-electron chi connectivity index (χ3n) is 6.63. The van der Waals surface area contributed by atoms with Crippen molar-refractivity contribution in [3.8, 4) is 5.75 Å². The number of benzene rings is 1. The molecular weight excluding hydrogens is 324 g/mol. The summed E-state index contributed by atoms with van der Waals surface area (Å²) in [6.45, 7) is 4.10. The van der Waals surface area contributed by atoms with E-state index in [4.69, 9.17) is 9.47 Å². The average molecular weight is 354 g/mol. The summed E-state index contributed by atoms with van der Waals surface area (Å²) in [5, 5.41) is 1.25. The lowest BCUT2D eigenvalue weighted by Crippen LogP contribution is -2.43. The summed E-state index contributed by atoms with van der Waals surface area (Å²) in [5.41, 5.74) is 1.28. The molecule has 3 fully saturated rings. The summed E-state index contributed by atoms with van der Waals surface area (Å²) < 4.78 is 14.4. The number of fused-ring (bicyclic) bond motifs is 1. The van der Waals surface area contributed by atoms with Crippen molar-refractivity contribution in [1.82, 2.24) is 9.47 Å². The van der Waals surface area contributed by atoms with Crippen molar-refractivity contribution in [1.29, 1.82) is 0 Å². The van der Waals surface area contributed by atoms with E-state index in [-0.39, 0.29) is 0 Å². The van der Waals surface area contributed by atoms with Crippen LogP contribution in [0.4, 0.5) is 0 Å². The third kappa shape index (κ3) is 3.14.